The minimum Gasteiger partial charge on any atom is -0.436 e. The van der Waals surface area contributed by atoms with Crippen molar-refractivity contribution in [1.82, 2.24) is 10.3 Å². The Morgan fingerprint density at radius 2 is 2.05 bits per heavy atom. The number of hydrogen-bond acceptors (Lipinski definition) is 3. The van der Waals surface area contributed by atoms with Gasteiger partial charge < -0.3 is 10.1 Å². The van der Waals surface area contributed by atoms with E-state index in [1.165, 1.54) is 6.07 Å². The highest BCUT2D eigenvalue weighted by molar-refractivity contribution is 5.34. The Bertz CT molecular complexity index is 545. The first-order valence-corrected chi connectivity index (χ1v) is 6.33. The molecule has 1 atom stereocenters. The Morgan fingerprint density at radius 3 is 2.79 bits per heavy atom. The molecule has 3 nitrogen and oxygen atoms in total. The van der Waals surface area contributed by atoms with Crippen molar-refractivity contribution in [1.29, 1.82) is 0 Å². The summed E-state index contributed by atoms with van der Waals surface area (Å²) in [6.07, 6.45) is 1.64. The second kappa shape index (κ2) is 6.29. The van der Waals surface area contributed by atoms with E-state index in [9.17, 15) is 4.39 Å². The Morgan fingerprint density at radius 1 is 1.26 bits per heavy atom. The molecule has 0 aliphatic rings. The minimum atomic E-state index is -0.393. The molecule has 0 saturated carbocycles. The van der Waals surface area contributed by atoms with Crippen LogP contribution in [0.5, 0.6) is 11.6 Å². The van der Waals surface area contributed by atoms with Crippen molar-refractivity contribution in [2.45, 2.75) is 19.9 Å². The number of hydrogen-bond donors (Lipinski definition) is 1. The number of benzene rings is 1. The third-order valence-corrected chi connectivity index (χ3v) is 2.82. The normalized spacial score (nSPS) is 12.2. The predicted molar refractivity (Wildman–Crippen MR) is 72.8 cm³/mol. The van der Waals surface area contributed by atoms with Crippen LogP contribution in [0, 0.1) is 5.82 Å². The van der Waals surface area contributed by atoms with Gasteiger partial charge in [0.25, 0.3) is 0 Å². The van der Waals surface area contributed by atoms with Gasteiger partial charge in [0.15, 0.2) is 11.6 Å². The van der Waals surface area contributed by atoms with E-state index in [4.69, 9.17) is 4.74 Å². The van der Waals surface area contributed by atoms with Gasteiger partial charge in [-0.1, -0.05) is 25.1 Å². The van der Waals surface area contributed by atoms with Crippen LogP contribution in [0.1, 0.15) is 25.5 Å². The minimum absolute atomic E-state index is 0.0977. The van der Waals surface area contributed by atoms with Crippen molar-refractivity contribution in [2.24, 2.45) is 0 Å². The van der Waals surface area contributed by atoms with E-state index in [1.807, 2.05) is 26.0 Å². The van der Waals surface area contributed by atoms with Crippen LogP contribution in [0.2, 0.25) is 0 Å². The number of rotatable bonds is 5. The summed E-state index contributed by atoms with van der Waals surface area (Å²) in [5.41, 5.74) is 0.910. The summed E-state index contributed by atoms with van der Waals surface area (Å²) in [4.78, 5) is 4.19. The van der Waals surface area contributed by atoms with Crippen molar-refractivity contribution < 1.29 is 9.13 Å². The fourth-order valence-corrected chi connectivity index (χ4v) is 1.87. The zero-order valence-corrected chi connectivity index (χ0v) is 11.1. The number of nitrogens with one attached hydrogen (secondary N) is 1. The second-order valence-corrected chi connectivity index (χ2v) is 4.21. The maximum atomic E-state index is 13.6. The molecule has 0 aliphatic heterocycles. The van der Waals surface area contributed by atoms with Crippen LogP contribution in [-0.4, -0.2) is 11.5 Å². The van der Waals surface area contributed by atoms with Crippen molar-refractivity contribution in [3.05, 3.63) is 54.0 Å². The lowest BCUT2D eigenvalue weighted by molar-refractivity contribution is 0.415. The Hall–Kier alpha value is -1.94. The third kappa shape index (κ3) is 3.29. The molecule has 0 spiro atoms. The van der Waals surface area contributed by atoms with E-state index in [0.717, 1.165) is 12.1 Å². The van der Waals surface area contributed by atoms with Crippen molar-refractivity contribution in [3.63, 3.8) is 0 Å². The van der Waals surface area contributed by atoms with E-state index in [0.29, 0.717) is 5.88 Å². The van der Waals surface area contributed by atoms with Crippen LogP contribution in [0.3, 0.4) is 0 Å². The Balaban J connectivity index is 2.28. The van der Waals surface area contributed by atoms with Crippen LogP contribution in [0.15, 0.2) is 42.6 Å². The molecule has 0 saturated heterocycles. The molecule has 2 aromatic rings. The zero-order chi connectivity index (χ0) is 13.7. The van der Waals surface area contributed by atoms with E-state index in [-0.39, 0.29) is 11.8 Å². The van der Waals surface area contributed by atoms with Crippen LogP contribution in [-0.2, 0) is 0 Å². The van der Waals surface area contributed by atoms with Crippen LogP contribution < -0.4 is 10.1 Å². The maximum absolute atomic E-state index is 13.6. The summed E-state index contributed by atoms with van der Waals surface area (Å²) in [6.45, 7) is 4.90. The van der Waals surface area contributed by atoms with Crippen molar-refractivity contribution >= 4 is 0 Å². The Kier molecular flexibility index (Phi) is 4.47. The molecule has 0 amide bonds. The van der Waals surface area contributed by atoms with E-state index in [2.05, 4.69) is 10.3 Å². The lowest BCUT2D eigenvalue weighted by Gasteiger charge is -2.16. The molecule has 1 aromatic carbocycles. The van der Waals surface area contributed by atoms with Gasteiger partial charge in [0.2, 0.25) is 5.88 Å². The molecule has 0 radical (unpaired) electrons. The van der Waals surface area contributed by atoms with Gasteiger partial charge in [-0.3, -0.25) is 0 Å². The van der Waals surface area contributed by atoms with E-state index in [1.54, 1.807) is 24.4 Å². The predicted octanol–water partition coefficient (Wildman–Crippen LogP) is 3.68. The number of aromatic nitrogens is 1. The molecule has 1 aromatic heterocycles. The molecule has 2 rings (SSSR count). The molecule has 100 valence electrons. The summed E-state index contributed by atoms with van der Waals surface area (Å²) in [6, 6.07) is 10.2. The number of halogens is 1. The van der Waals surface area contributed by atoms with Crippen LogP contribution >= 0.6 is 0 Å². The van der Waals surface area contributed by atoms with Crippen LogP contribution in [0.25, 0.3) is 0 Å². The molecular formula is C15H17FN2O. The monoisotopic (exact) mass is 260 g/mol. The summed E-state index contributed by atoms with van der Waals surface area (Å²) in [7, 11) is 0. The fraction of sp³-hybridized carbons (Fsp3) is 0.267. The molecule has 0 fully saturated rings. The number of ether oxygens (including phenoxy) is 1. The third-order valence-electron chi connectivity index (χ3n) is 2.82. The van der Waals surface area contributed by atoms with Crippen LogP contribution in [0.4, 0.5) is 4.39 Å². The van der Waals surface area contributed by atoms with Gasteiger partial charge in [-0.2, -0.15) is 0 Å². The number of pyridine rings is 1. The number of para-hydroxylation sites is 1. The van der Waals surface area contributed by atoms with Crippen molar-refractivity contribution in [2.75, 3.05) is 6.54 Å². The van der Waals surface area contributed by atoms with Crippen molar-refractivity contribution in [3.8, 4) is 11.6 Å². The zero-order valence-electron chi connectivity index (χ0n) is 11.1. The quantitative estimate of drug-likeness (QED) is 0.890. The van der Waals surface area contributed by atoms with Gasteiger partial charge in [-0.05, 0) is 31.7 Å². The first-order chi connectivity index (χ1) is 9.22. The highest BCUT2D eigenvalue weighted by Crippen LogP contribution is 2.28. The number of nitrogens with zero attached hydrogens (tertiary/aromatic N) is 1. The molecular weight excluding hydrogens is 243 g/mol. The fourth-order valence-electron chi connectivity index (χ4n) is 1.87. The van der Waals surface area contributed by atoms with E-state index >= 15 is 0 Å². The topological polar surface area (TPSA) is 34.2 Å². The molecule has 1 heterocycles. The molecule has 1 unspecified atom stereocenters. The first kappa shape index (κ1) is 13.5. The summed E-state index contributed by atoms with van der Waals surface area (Å²) >= 11 is 0. The van der Waals surface area contributed by atoms with Gasteiger partial charge in [-0.15, -0.1) is 0 Å². The maximum Gasteiger partial charge on any atom is 0.224 e. The second-order valence-electron chi connectivity index (χ2n) is 4.21. The first-order valence-electron chi connectivity index (χ1n) is 6.33. The van der Waals surface area contributed by atoms with Gasteiger partial charge in [-0.25, -0.2) is 9.37 Å². The standard InChI is InChI=1S/C15H17FN2O/c1-3-17-11(2)12-7-6-10-18-15(12)19-14-9-5-4-8-13(14)16/h4-11,17H,3H2,1-2H3. The Labute approximate surface area is 112 Å². The molecule has 4 heteroatoms. The van der Waals surface area contributed by atoms with Gasteiger partial charge in [0, 0.05) is 17.8 Å². The average Bonchev–Trinajstić information content (AvgIpc) is 2.42. The van der Waals surface area contributed by atoms with Gasteiger partial charge >= 0.3 is 0 Å². The highest BCUT2D eigenvalue weighted by Gasteiger charge is 2.13. The molecule has 0 aliphatic carbocycles. The largest absolute Gasteiger partial charge is 0.436 e. The molecule has 0 bridgehead atoms. The SMILES string of the molecule is CCNC(C)c1cccnc1Oc1ccccc1F. The lowest BCUT2D eigenvalue weighted by atomic mass is 10.1. The van der Waals surface area contributed by atoms with E-state index < -0.39 is 5.82 Å². The van der Waals surface area contributed by atoms with Gasteiger partial charge in [0.1, 0.15) is 0 Å². The van der Waals surface area contributed by atoms with Gasteiger partial charge in [0.05, 0.1) is 0 Å². The average molecular weight is 260 g/mol. The summed E-state index contributed by atoms with van der Waals surface area (Å²) < 4.78 is 19.2. The summed E-state index contributed by atoms with van der Waals surface area (Å²) in [5.74, 6) is 0.224. The highest BCUT2D eigenvalue weighted by atomic mass is 19.1. The lowest BCUT2D eigenvalue weighted by Crippen LogP contribution is -2.18. The summed E-state index contributed by atoms with van der Waals surface area (Å²) in [5, 5.41) is 3.29. The molecule has 1 N–H and O–H groups in total. The smallest absolute Gasteiger partial charge is 0.224 e. The molecule has 19 heavy (non-hydrogen) atoms.